The van der Waals surface area contributed by atoms with Crippen molar-refractivity contribution < 1.29 is 14.6 Å². The van der Waals surface area contributed by atoms with Crippen LogP contribution in [0.4, 0.5) is 0 Å². The molecule has 0 amide bonds. The molecule has 0 aromatic carbocycles. The summed E-state index contributed by atoms with van der Waals surface area (Å²) in [5.74, 6) is -0.704. The highest BCUT2D eigenvalue weighted by Gasteiger charge is 2.40. The second-order valence-corrected chi connectivity index (χ2v) is 6.20. The van der Waals surface area contributed by atoms with Gasteiger partial charge in [-0.2, -0.15) is 0 Å². The zero-order valence-electron chi connectivity index (χ0n) is 14.0. The average Bonchev–Trinajstić information content (AvgIpc) is 3.26. The van der Waals surface area contributed by atoms with E-state index in [2.05, 4.69) is 24.1 Å². The van der Waals surface area contributed by atoms with Gasteiger partial charge in [0, 0.05) is 19.2 Å². The zero-order chi connectivity index (χ0) is 15.9. The summed E-state index contributed by atoms with van der Waals surface area (Å²) in [6.45, 7) is 8.86. The lowest BCUT2D eigenvalue weighted by atomic mass is 9.90. The van der Waals surface area contributed by atoms with Crippen molar-refractivity contribution in [1.29, 1.82) is 0 Å². The highest BCUT2D eigenvalue weighted by molar-refractivity contribution is 5.78. The standard InChI is InChI=1S/C16H32N2O3/c1-5-16(15(19)20,17-14-8-9-14)10-7-11-18(6-2)13(3)12-21-4/h13-14,17H,5-12H2,1-4H3,(H,19,20). The minimum atomic E-state index is -0.745. The summed E-state index contributed by atoms with van der Waals surface area (Å²) in [6.07, 6.45) is 4.44. The Labute approximate surface area is 129 Å². The Morgan fingerprint density at radius 2 is 2.14 bits per heavy atom. The SMILES string of the molecule is CCN(CCCC(CC)(NC1CC1)C(=O)O)C(C)COC. The van der Waals surface area contributed by atoms with Crippen molar-refractivity contribution in [3.8, 4) is 0 Å². The van der Waals surface area contributed by atoms with Crippen molar-refractivity contribution in [2.75, 3.05) is 26.8 Å². The van der Waals surface area contributed by atoms with Gasteiger partial charge in [0.25, 0.3) is 0 Å². The predicted octanol–water partition coefficient (Wildman–Crippen LogP) is 2.11. The number of nitrogens with one attached hydrogen (secondary N) is 1. The Morgan fingerprint density at radius 3 is 2.57 bits per heavy atom. The van der Waals surface area contributed by atoms with Gasteiger partial charge in [-0.05, 0) is 52.1 Å². The largest absolute Gasteiger partial charge is 0.480 e. The number of hydrogen-bond donors (Lipinski definition) is 2. The van der Waals surface area contributed by atoms with Crippen LogP contribution in [0.2, 0.25) is 0 Å². The lowest BCUT2D eigenvalue weighted by Crippen LogP contribution is -2.53. The minimum Gasteiger partial charge on any atom is -0.480 e. The van der Waals surface area contributed by atoms with Gasteiger partial charge in [0.2, 0.25) is 0 Å². The third-order valence-corrected chi connectivity index (χ3v) is 4.56. The van der Waals surface area contributed by atoms with E-state index in [0.29, 0.717) is 31.5 Å². The fourth-order valence-electron chi connectivity index (χ4n) is 2.91. The Kier molecular flexibility index (Phi) is 7.63. The summed E-state index contributed by atoms with van der Waals surface area (Å²) in [4.78, 5) is 14.1. The fourth-order valence-corrected chi connectivity index (χ4v) is 2.91. The highest BCUT2D eigenvalue weighted by Crippen LogP contribution is 2.27. The molecule has 5 heteroatoms. The van der Waals surface area contributed by atoms with Gasteiger partial charge in [0.15, 0.2) is 0 Å². The van der Waals surface area contributed by atoms with Crippen LogP contribution in [-0.2, 0) is 9.53 Å². The second-order valence-electron chi connectivity index (χ2n) is 6.20. The van der Waals surface area contributed by atoms with Crippen LogP contribution in [0.15, 0.2) is 0 Å². The maximum Gasteiger partial charge on any atom is 0.323 e. The third-order valence-electron chi connectivity index (χ3n) is 4.56. The molecule has 1 rings (SSSR count). The number of carboxylic acids is 1. The molecule has 2 unspecified atom stereocenters. The van der Waals surface area contributed by atoms with Gasteiger partial charge in [-0.15, -0.1) is 0 Å². The van der Waals surface area contributed by atoms with Crippen LogP contribution in [0.3, 0.4) is 0 Å². The molecule has 1 aliphatic carbocycles. The van der Waals surface area contributed by atoms with Gasteiger partial charge >= 0.3 is 5.97 Å². The number of ether oxygens (including phenoxy) is 1. The van der Waals surface area contributed by atoms with E-state index < -0.39 is 11.5 Å². The second kappa shape index (κ2) is 8.71. The molecule has 2 atom stereocenters. The van der Waals surface area contributed by atoms with Crippen molar-refractivity contribution >= 4 is 5.97 Å². The molecular weight excluding hydrogens is 268 g/mol. The number of rotatable bonds is 12. The van der Waals surface area contributed by atoms with Crippen LogP contribution < -0.4 is 5.32 Å². The van der Waals surface area contributed by atoms with Crippen molar-refractivity contribution in [3.05, 3.63) is 0 Å². The number of nitrogens with zero attached hydrogens (tertiary/aromatic N) is 1. The molecule has 0 radical (unpaired) electrons. The Balaban J connectivity index is 2.49. The first-order valence-corrected chi connectivity index (χ1v) is 8.23. The van der Waals surface area contributed by atoms with E-state index >= 15 is 0 Å². The van der Waals surface area contributed by atoms with Crippen LogP contribution in [0.5, 0.6) is 0 Å². The van der Waals surface area contributed by atoms with E-state index in [4.69, 9.17) is 4.74 Å². The predicted molar refractivity (Wildman–Crippen MR) is 84.6 cm³/mol. The van der Waals surface area contributed by atoms with E-state index in [1.807, 2.05) is 6.92 Å². The smallest absolute Gasteiger partial charge is 0.323 e. The third kappa shape index (κ3) is 5.57. The molecule has 0 aromatic rings. The lowest BCUT2D eigenvalue weighted by Gasteiger charge is -2.32. The molecule has 0 aliphatic heterocycles. The van der Waals surface area contributed by atoms with E-state index in [0.717, 1.165) is 32.4 Å². The molecule has 124 valence electrons. The Bertz CT molecular complexity index is 321. The van der Waals surface area contributed by atoms with Gasteiger partial charge in [0.05, 0.1) is 6.61 Å². The van der Waals surface area contributed by atoms with Crippen molar-refractivity contribution in [1.82, 2.24) is 10.2 Å². The minimum absolute atomic E-state index is 0.372. The monoisotopic (exact) mass is 300 g/mol. The average molecular weight is 300 g/mol. The van der Waals surface area contributed by atoms with Gasteiger partial charge in [0.1, 0.15) is 5.54 Å². The molecule has 1 fully saturated rings. The van der Waals surface area contributed by atoms with Crippen molar-refractivity contribution in [2.24, 2.45) is 0 Å². The van der Waals surface area contributed by atoms with Gasteiger partial charge in [-0.3, -0.25) is 15.0 Å². The first-order chi connectivity index (χ1) is 9.99. The zero-order valence-corrected chi connectivity index (χ0v) is 14.0. The van der Waals surface area contributed by atoms with Crippen molar-refractivity contribution in [2.45, 2.75) is 70.5 Å². The molecule has 0 spiro atoms. The van der Waals surface area contributed by atoms with Gasteiger partial charge < -0.3 is 9.84 Å². The van der Waals surface area contributed by atoms with E-state index in [1.54, 1.807) is 7.11 Å². The quantitative estimate of drug-likeness (QED) is 0.578. The molecule has 1 saturated carbocycles. The van der Waals surface area contributed by atoms with Crippen LogP contribution in [0.1, 0.15) is 52.9 Å². The summed E-state index contributed by atoms with van der Waals surface area (Å²) < 4.78 is 5.21. The molecule has 21 heavy (non-hydrogen) atoms. The Morgan fingerprint density at radius 1 is 1.48 bits per heavy atom. The van der Waals surface area contributed by atoms with E-state index in [1.165, 1.54) is 0 Å². The van der Waals surface area contributed by atoms with Crippen LogP contribution in [0, 0.1) is 0 Å². The molecule has 0 saturated heterocycles. The fraction of sp³-hybridized carbons (Fsp3) is 0.938. The first-order valence-electron chi connectivity index (χ1n) is 8.23. The number of carboxylic acid groups (broad SMARTS) is 1. The van der Waals surface area contributed by atoms with Gasteiger partial charge in [-0.1, -0.05) is 13.8 Å². The van der Waals surface area contributed by atoms with Gasteiger partial charge in [-0.25, -0.2) is 0 Å². The summed E-state index contributed by atoms with van der Waals surface area (Å²) in [6, 6.07) is 0.785. The van der Waals surface area contributed by atoms with Crippen LogP contribution >= 0.6 is 0 Å². The summed E-state index contributed by atoms with van der Waals surface area (Å²) >= 11 is 0. The number of hydrogen-bond acceptors (Lipinski definition) is 4. The number of methoxy groups -OCH3 is 1. The van der Waals surface area contributed by atoms with Crippen LogP contribution in [-0.4, -0.2) is 60.4 Å². The summed E-state index contributed by atoms with van der Waals surface area (Å²) in [7, 11) is 1.72. The maximum atomic E-state index is 11.7. The number of carbonyl (C=O) groups is 1. The Hall–Kier alpha value is -0.650. The topological polar surface area (TPSA) is 61.8 Å². The normalized spacial score (nSPS) is 19.5. The molecule has 0 aromatic heterocycles. The first kappa shape index (κ1) is 18.4. The molecule has 1 aliphatic rings. The molecule has 0 bridgehead atoms. The highest BCUT2D eigenvalue weighted by atomic mass is 16.5. The molecule has 5 nitrogen and oxygen atoms in total. The molecule has 0 heterocycles. The van der Waals surface area contributed by atoms with Crippen molar-refractivity contribution in [3.63, 3.8) is 0 Å². The maximum absolute atomic E-state index is 11.7. The number of aliphatic carboxylic acids is 1. The number of likely N-dealkylation sites (N-methyl/N-ethyl adjacent to an activating group) is 1. The van der Waals surface area contributed by atoms with Crippen LogP contribution in [0.25, 0.3) is 0 Å². The van der Waals surface area contributed by atoms with E-state index in [-0.39, 0.29) is 0 Å². The lowest BCUT2D eigenvalue weighted by molar-refractivity contribution is -0.145. The molecule has 2 N–H and O–H groups in total. The molecular formula is C16H32N2O3. The summed E-state index contributed by atoms with van der Waals surface area (Å²) in [5, 5.41) is 13.0. The summed E-state index contributed by atoms with van der Waals surface area (Å²) in [5.41, 5.74) is -0.745. The van der Waals surface area contributed by atoms with E-state index in [9.17, 15) is 9.90 Å².